The Morgan fingerprint density at radius 3 is 1.10 bits per heavy atom. The highest BCUT2D eigenvalue weighted by molar-refractivity contribution is 4.76. The normalized spacial score (nSPS) is 15.0. The van der Waals surface area contributed by atoms with Crippen molar-refractivity contribution >= 4 is 0 Å². The molecule has 0 rings (SSSR count). The summed E-state index contributed by atoms with van der Waals surface area (Å²) in [5.41, 5.74) is 0. The fourth-order valence-electron chi connectivity index (χ4n) is 0.656. The van der Waals surface area contributed by atoms with E-state index < -0.39 is 43.7 Å². The van der Waals surface area contributed by atoms with Crippen molar-refractivity contribution in [2.45, 2.75) is 37.4 Å². The lowest BCUT2D eigenvalue weighted by Gasteiger charge is -2.24. The SMILES string of the molecule is CC(OCC(F)(F)C(F)(F)F)OCC(F)(F)C(F)(F)F. The Labute approximate surface area is 105 Å². The molecule has 0 bridgehead atoms. The molecular formula is C8H8F10O2. The molecule has 0 aromatic carbocycles. The molecule has 0 aliphatic rings. The van der Waals surface area contributed by atoms with E-state index in [1.165, 1.54) is 0 Å². The van der Waals surface area contributed by atoms with Gasteiger partial charge in [-0.25, -0.2) is 0 Å². The van der Waals surface area contributed by atoms with Gasteiger partial charge in [0.1, 0.15) is 13.2 Å². The summed E-state index contributed by atoms with van der Waals surface area (Å²) < 4.78 is 127. The summed E-state index contributed by atoms with van der Waals surface area (Å²) in [7, 11) is 0. The molecule has 0 spiro atoms. The zero-order chi connectivity index (χ0) is 16.4. The number of hydrogen-bond donors (Lipinski definition) is 0. The first kappa shape index (κ1) is 19.2. The Balaban J connectivity index is 4.31. The predicted molar refractivity (Wildman–Crippen MR) is 43.4 cm³/mol. The smallest absolute Gasteiger partial charge is 0.346 e. The maximum absolute atomic E-state index is 12.3. The number of rotatable bonds is 6. The van der Waals surface area contributed by atoms with Crippen molar-refractivity contribution in [1.82, 2.24) is 0 Å². The van der Waals surface area contributed by atoms with Gasteiger partial charge in [0.05, 0.1) is 0 Å². The first-order chi connectivity index (χ1) is 8.60. The van der Waals surface area contributed by atoms with Crippen LogP contribution in [0.3, 0.4) is 0 Å². The van der Waals surface area contributed by atoms with E-state index in [0.717, 1.165) is 0 Å². The second kappa shape index (κ2) is 5.92. The molecule has 0 saturated carbocycles. The largest absolute Gasteiger partial charge is 0.455 e. The van der Waals surface area contributed by atoms with Crippen LogP contribution in [0.25, 0.3) is 0 Å². The van der Waals surface area contributed by atoms with Crippen LogP contribution in [0.1, 0.15) is 6.92 Å². The van der Waals surface area contributed by atoms with Crippen LogP contribution in [0.4, 0.5) is 43.9 Å². The van der Waals surface area contributed by atoms with Crippen LogP contribution < -0.4 is 0 Å². The molecule has 0 atom stereocenters. The Hall–Kier alpha value is -0.780. The maximum Gasteiger partial charge on any atom is 0.455 e. The number of ether oxygens (including phenoxy) is 2. The predicted octanol–water partition coefficient (Wildman–Crippen LogP) is 3.76. The zero-order valence-corrected chi connectivity index (χ0v) is 9.59. The summed E-state index contributed by atoms with van der Waals surface area (Å²) in [5, 5.41) is 0. The van der Waals surface area contributed by atoms with Crippen LogP contribution >= 0.6 is 0 Å². The number of alkyl halides is 10. The molecule has 0 aromatic heterocycles. The molecule has 20 heavy (non-hydrogen) atoms. The van der Waals surface area contributed by atoms with Crippen molar-refractivity contribution in [3.8, 4) is 0 Å². The molecule has 0 radical (unpaired) electrons. The van der Waals surface area contributed by atoms with Gasteiger partial charge in [-0.1, -0.05) is 0 Å². The third kappa shape index (κ3) is 5.31. The topological polar surface area (TPSA) is 18.5 Å². The minimum atomic E-state index is -5.94. The molecular weight excluding hydrogens is 318 g/mol. The lowest BCUT2D eigenvalue weighted by atomic mass is 10.3. The Kier molecular flexibility index (Phi) is 5.69. The molecule has 12 heteroatoms. The van der Waals surface area contributed by atoms with E-state index in [-0.39, 0.29) is 0 Å². The van der Waals surface area contributed by atoms with Crippen LogP contribution in [0.2, 0.25) is 0 Å². The van der Waals surface area contributed by atoms with Crippen molar-refractivity contribution in [3.63, 3.8) is 0 Å². The van der Waals surface area contributed by atoms with Crippen molar-refractivity contribution in [2.24, 2.45) is 0 Å². The van der Waals surface area contributed by atoms with Crippen LogP contribution in [-0.4, -0.2) is 43.7 Å². The molecule has 0 unspecified atom stereocenters. The van der Waals surface area contributed by atoms with Crippen LogP contribution in [-0.2, 0) is 9.47 Å². The van der Waals surface area contributed by atoms with Gasteiger partial charge in [0.25, 0.3) is 0 Å². The van der Waals surface area contributed by atoms with Crippen LogP contribution in [0.15, 0.2) is 0 Å². The molecule has 0 aliphatic carbocycles. The molecule has 2 nitrogen and oxygen atoms in total. The van der Waals surface area contributed by atoms with Gasteiger partial charge in [0.15, 0.2) is 6.29 Å². The lowest BCUT2D eigenvalue weighted by molar-refractivity contribution is -0.325. The summed E-state index contributed by atoms with van der Waals surface area (Å²) in [6.07, 6.45) is -14.0. The molecule has 0 amide bonds. The minimum Gasteiger partial charge on any atom is -0.346 e. The van der Waals surface area contributed by atoms with Gasteiger partial charge in [-0.15, -0.1) is 0 Å². The summed E-state index contributed by atoms with van der Waals surface area (Å²) in [5.74, 6) is -10.6. The first-order valence-electron chi connectivity index (χ1n) is 4.72. The summed E-state index contributed by atoms with van der Waals surface area (Å²) in [4.78, 5) is 0. The molecule has 0 heterocycles. The van der Waals surface area contributed by atoms with E-state index in [1.54, 1.807) is 0 Å². The average molecular weight is 326 g/mol. The summed E-state index contributed by atoms with van der Waals surface area (Å²) >= 11 is 0. The van der Waals surface area contributed by atoms with Gasteiger partial charge in [-0.05, 0) is 6.92 Å². The maximum atomic E-state index is 12.3. The van der Waals surface area contributed by atoms with E-state index in [0.29, 0.717) is 6.92 Å². The Morgan fingerprint density at radius 2 is 0.900 bits per heavy atom. The standard InChI is InChI=1S/C8H8F10O2/c1-4(19-2-5(9,10)7(13,14)15)20-3-6(11,12)8(16,17)18/h4H,2-3H2,1H3. The highest BCUT2D eigenvalue weighted by atomic mass is 19.4. The Bertz CT molecular complexity index is 277. The van der Waals surface area contributed by atoms with Crippen molar-refractivity contribution in [1.29, 1.82) is 0 Å². The van der Waals surface area contributed by atoms with Crippen LogP contribution in [0, 0.1) is 0 Å². The first-order valence-corrected chi connectivity index (χ1v) is 4.72. The van der Waals surface area contributed by atoms with Crippen molar-refractivity contribution < 1.29 is 53.4 Å². The van der Waals surface area contributed by atoms with E-state index >= 15 is 0 Å². The van der Waals surface area contributed by atoms with Gasteiger partial charge in [0, 0.05) is 0 Å². The lowest BCUT2D eigenvalue weighted by Crippen LogP contribution is -2.44. The van der Waals surface area contributed by atoms with Gasteiger partial charge < -0.3 is 9.47 Å². The van der Waals surface area contributed by atoms with Gasteiger partial charge in [-0.3, -0.25) is 0 Å². The van der Waals surface area contributed by atoms with E-state index in [2.05, 4.69) is 9.47 Å². The second-order valence-electron chi connectivity index (χ2n) is 3.59. The minimum absolute atomic E-state index is 0.596. The zero-order valence-electron chi connectivity index (χ0n) is 9.59. The molecule has 0 N–H and O–H groups in total. The third-order valence-corrected chi connectivity index (χ3v) is 1.83. The fraction of sp³-hybridized carbons (Fsp3) is 1.00. The number of halogens is 10. The van der Waals surface area contributed by atoms with Crippen molar-refractivity contribution in [2.75, 3.05) is 13.2 Å². The molecule has 0 aromatic rings. The highest BCUT2D eigenvalue weighted by Gasteiger charge is 2.59. The molecule has 0 saturated heterocycles. The molecule has 0 aliphatic heterocycles. The Morgan fingerprint density at radius 1 is 0.650 bits per heavy atom. The van der Waals surface area contributed by atoms with E-state index in [1.807, 2.05) is 0 Å². The molecule has 0 fully saturated rings. The fourth-order valence-corrected chi connectivity index (χ4v) is 0.656. The van der Waals surface area contributed by atoms with Gasteiger partial charge in [0.2, 0.25) is 0 Å². The average Bonchev–Trinajstić information content (AvgIpc) is 2.20. The summed E-state index contributed by atoms with van der Waals surface area (Å²) in [6.45, 7) is -3.94. The quantitative estimate of drug-likeness (QED) is 0.547. The number of hydrogen-bond acceptors (Lipinski definition) is 2. The summed E-state index contributed by atoms with van der Waals surface area (Å²) in [6, 6.07) is 0. The third-order valence-electron chi connectivity index (χ3n) is 1.83. The van der Waals surface area contributed by atoms with Gasteiger partial charge >= 0.3 is 24.2 Å². The second-order valence-corrected chi connectivity index (χ2v) is 3.59. The van der Waals surface area contributed by atoms with E-state index in [4.69, 9.17) is 0 Å². The van der Waals surface area contributed by atoms with Crippen molar-refractivity contribution in [3.05, 3.63) is 0 Å². The highest BCUT2D eigenvalue weighted by Crippen LogP contribution is 2.37. The molecule has 122 valence electrons. The monoisotopic (exact) mass is 326 g/mol. The van der Waals surface area contributed by atoms with Crippen LogP contribution in [0.5, 0.6) is 0 Å². The van der Waals surface area contributed by atoms with Gasteiger partial charge in [-0.2, -0.15) is 43.9 Å². The van der Waals surface area contributed by atoms with E-state index in [9.17, 15) is 43.9 Å².